The smallest absolute Gasteiger partial charge is 0.414 e. The van der Waals surface area contributed by atoms with E-state index in [9.17, 15) is 4.79 Å². The average molecular weight is 183 g/mol. The Morgan fingerprint density at radius 3 is 2.85 bits per heavy atom. The second-order valence-electron chi connectivity index (χ2n) is 2.59. The molecule has 0 unspecified atom stereocenters. The van der Waals surface area contributed by atoms with Gasteiger partial charge in [0.05, 0.1) is 19.0 Å². The lowest BCUT2D eigenvalue weighted by Gasteiger charge is -2.16. The molecule has 0 fully saturated rings. The molecule has 0 atom stereocenters. The monoisotopic (exact) mass is 183 g/mol. The number of methoxy groups -OCH3 is 1. The zero-order valence-electron chi connectivity index (χ0n) is 8.02. The molecule has 5 heteroatoms. The van der Waals surface area contributed by atoms with Crippen LogP contribution in [0.15, 0.2) is 12.4 Å². The van der Waals surface area contributed by atoms with E-state index in [-0.39, 0.29) is 6.09 Å². The van der Waals surface area contributed by atoms with Crippen molar-refractivity contribution in [2.45, 2.75) is 6.92 Å². The number of ether oxygens (including phenoxy) is 1. The van der Waals surface area contributed by atoms with Gasteiger partial charge in [0, 0.05) is 19.8 Å². The number of anilines is 1. The lowest BCUT2D eigenvalue weighted by atomic mass is 10.5. The molecule has 0 aliphatic rings. The standard InChI is InChI=1S/C8H13N3O2/c1-4-11(8(12)13-3)7-5-9-10(2)6-7/h5-6H,4H2,1-3H3. The van der Waals surface area contributed by atoms with Gasteiger partial charge in [-0.2, -0.15) is 5.10 Å². The third-order valence-electron chi connectivity index (χ3n) is 1.71. The predicted molar refractivity (Wildman–Crippen MR) is 48.6 cm³/mol. The highest BCUT2D eigenvalue weighted by atomic mass is 16.5. The van der Waals surface area contributed by atoms with Crippen molar-refractivity contribution in [1.29, 1.82) is 0 Å². The SMILES string of the molecule is CCN(C(=O)OC)c1cnn(C)c1. The molecule has 5 nitrogen and oxygen atoms in total. The number of carbonyl (C=O) groups is 1. The Morgan fingerprint density at radius 2 is 2.46 bits per heavy atom. The van der Waals surface area contributed by atoms with Crippen molar-refractivity contribution >= 4 is 11.8 Å². The van der Waals surface area contributed by atoms with Gasteiger partial charge in [0.15, 0.2) is 0 Å². The fraction of sp³-hybridized carbons (Fsp3) is 0.500. The van der Waals surface area contributed by atoms with Crippen molar-refractivity contribution in [3.05, 3.63) is 12.4 Å². The molecule has 1 amide bonds. The van der Waals surface area contributed by atoms with Crippen LogP contribution >= 0.6 is 0 Å². The molecule has 72 valence electrons. The van der Waals surface area contributed by atoms with Gasteiger partial charge in [0.1, 0.15) is 0 Å². The summed E-state index contributed by atoms with van der Waals surface area (Å²) in [6.07, 6.45) is 3.02. The molecule has 0 saturated carbocycles. The van der Waals surface area contributed by atoms with Gasteiger partial charge < -0.3 is 4.74 Å². The van der Waals surface area contributed by atoms with Crippen molar-refractivity contribution in [2.75, 3.05) is 18.6 Å². The molecule has 1 heterocycles. The van der Waals surface area contributed by atoms with E-state index in [4.69, 9.17) is 0 Å². The number of aryl methyl sites for hydroxylation is 1. The molecule has 0 N–H and O–H groups in total. The third-order valence-corrected chi connectivity index (χ3v) is 1.71. The number of amides is 1. The van der Waals surface area contributed by atoms with Crippen LogP contribution in [0.5, 0.6) is 0 Å². The minimum Gasteiger partial charge on any atom is -0.452 e. The molecule has 0 aromatic carbocycles. The van der Waals surface area contributed by atoms with Crippen molar-refractivity contribution in [1.82, 2.24) is 9.78 Å². The van der Waals surface area contributed by atoms with Crippen LogP contribution in [-0.4, -0.2) is 29.5 Å². The quantitative estimate of drug-likeness (QED) is 0.687. The first kappa shape index (κ1) is 9.57. The third kappa shape index (κ3) is 1.99. The largest absolute Gasteiger partial charge is 0.452 e. The van der Waals surface area contributed by atoms with Gasteiger partial charge in [-0.05, 0) is 6.92 Å². The van der Waals surface area contributed by atoms with Crippen LogP contribution in [0.2, 0.25) is 0 Å². The van der Waals surface area contributed by atoms with E-state index in [1.54, 1.807) is 24.1 Å². The van der Waals surface area contributed by atoms with Gasteiger partial charge in [-0.25, -0.2) is 4.79 Å². The number of aromatic nitrogens is 2. The Labute approximate surface area is 76.9 Å². The summed E-state index contributed by atoms with van der Waals surface area (Å²) < 4.78 is 6.26. The van der Waals surface area contributed by atoms with Gasteiger partial charge in [0.25, 0.3) is 0 Å². The Bertz CT molecular complexity index is 295. The fourth-order valence-corrected chi connectivity index (χ4v) is 1.07. The topological polar surface area (TPSA) is 47.4 Å². The van der Waals surface area contributed by atoms with E-state index in [0.717, 1.165) is 5.69 Å². The molecule has 1 aromatic heterocycles. The Balaban J connectivity index is 2.84. The van der Waals surface area contributed by atoms with E-state index >= 15 is 0 Å². The molecule has 1 rings (SSSR count). The van der Waals surface area contributed by atoms with Crippen LogP contribution in [0.4, 0.5) is 10.5 Å². The Morgan fingerprint density at radius 1 is 1.77 bits per heavy atom. The maximum absolute atomic E-state index is 11.2. The zero-order valence-corrected chi connectivity index (χ0v) is 8.02. The van der Waals surface area contributed by atoms with Crippen LogP contribution in [0, 0.1) is 0 Å². The Kier molecular flexibility index (Phi) is 2.89. The van der Waals surface area contributed by atoms with Gasteiger partial charge in [-0.15, -0.1) is 0 Å². The average Bonchev–Trinajstić information content (AvgIpc) is 2.53. The summed E-state index contributed by atoms with van der Waals surface area (Å²) in [5, 5.41) is 3.97. The normalized spacial score (nSPS) is 9.77. The first-order valence-corrected chi connectivity index (χ1v) is 4.03. The first-order valence-electron chi connectivity index (χ1n) is 4.03. The van der Waals surface area contributed by atoms with Gasteiger partial charge >= 0.3 is 6.09 Å². The van der Waals surface area contributed by atoms with Crippen LogP contribution in [0.3, 0.4) is 0 Å². The van der Waals surface area contributed by atoms with E-state index in [0.29, 0.717) is 6.54 Å². The molecule has 0 bridgehead atoms. The van der Waals surface area contributed by atoms with Crippen LogP contribution < -0.4 is 4.90 Å². The predicted octanol–water partition coefficient (Wildman–Crippen LogP) is 1.01. The second kappa shape index (κ2) is 3.93. The van der Waals surface area contributed by atoms with Crippen LogP contribution in [-0.2, 0) is 11.8 Å². The van der Waals surface area contributed by atoms with Gasteiger partial charge in [-0.1, -0.05) is 0 Å². The second-order valence-corrected chi connectivity index (χ2v) is 2.59. The number of carbonyl (C=O) groups excluding carboxylic acids is 1. The highest BCUT2D eigenvalue weighted by molar-refractivity contribution is 5.86. The zero-order chi connectivity index (χ0) is 9.84. The van der Waals surface area contributed by atoms with Crippen molar-refractivity contribution < 1.29 is 9.53 Å². The minimum atomic E-state index is -0.365. The molecule has 0 radical (unpaired) electrons. The minimum absolute atomic E-state index is 0.365. The van der Waals surface area contributed by atoms with Gasteiger partial charge in [-0.3, -0.25) is 9.58 Å². The molecule has 0 spiro atoms. The molecular weight excluding hydrogens is 170 g/mol. The Hall–Kier alpha value is -1.52. The summed E-state index contributed by atoms with van der Waals surface area (Å²) in [5.41, 5.74) is 0.747. The fourth-order valence-electron chi connectivity index (χ4n) is 1.07. The number of hydrogen-bond acceptors (Lipinski definition) is 3. The maximum Gasteiger partial charge on any atom is 0.414 e. The van der Waals surface area contributed by atoms with E-state index in [1.165, 1.54) is 12.0 Å². The van der Waals surface area contributed by atoms with Crippen molar-refractivity contribution in [2.24, 2.45) is 7.05 Å². The highest BCUT2D eigenvalue weighted by Gasteiger charge is 2.14. The molecule has 0 aliphatic heterocycles. The summed E-state index contributed by atoms with van der Waals surface area (Å²) in [7, 11) is 3.16. The van der Waals surface area contributed by atoms with Crippen molar-refractivity contribution in [3.8, 4) is 0 Å². The molecule has 0 aliphatic carbocycles. The summed E-state index contributed by atoms with van der Waals surface area (Å²) >= 11 is 0. The molecule has 13 heavy (non-hydrogen) atoms. The van der Waals surface area contributed by atoms with Gasteiger partial charge in [0.2, 0.25) is 0 Å². The lowest BCUT2D eigenvalue weighted by molar-refractivity contribution is 0.179. The highest BCUT2D eigenvalue weighted by Crippen LogP contribution is 2.12. The summed E-state index contributed by atoms with van der Waals surface area (Å²) in [6.45, 7) is 2.45. The summed E-state index contributed by atoms with van der Waals surface area (Å²) in [4.78, 5) is 12.7. The first-order chi connectivity index (χ1) is 6.19. The van der Waals surface area contributed by atoms with E-state index < -0.39 is 0 Å². The lowest BCUT2D eigenvalue weighted by Crippen LogP contribution is -2.29. The molecular formula is C8H13N3O2. The summed E-state index contributed by atoms with van der Waals surface area (Å²) in [6, 6.07) is 0. The van der Waals surface area contributed by atoms with Crippen LogP contribution in [0.1, 0.15) is 6.92 Å². The molecule has 1 aromatic rings. The molecule has 0 saturated heterocycles. The maximum atomic E-state index is 11.2. The number of hydrogen-bond donors (Lipinski definition) is 0. The number of nitrogens with zero attached hydrogens (tertiary/aromatic N) is 3. The number of rotatable bonds is 2. The van der Waals surface area contributed by atoms with Crippen LogP contribution in [0.25, 0.3) is 0 Å². The summed E-state index contributed by atoms with van der Waals surface area (Å²) in [5.74, 6) is 0. The van der Waals surface area contributed by atoms with Crippen molar-refractivity contribution in [3.63, 3.8) is 0 Å². The van der Waals surface area contributed by atoms with E-state index in [2.05, 4.69) is 9.84 Å². The van der Waals surface area contributed by atoms with E-state index in [1.807, 2.05) is 6.92 Å².